The van der Waals surface area contributed by atoms with Crippen LogP contribution in [0.2, 0.25) is 0 Å². The molecule has 138 valence electrons. The summed E-state index contributed by atoms with van der Waals surface area (Å²) < 4.78 is 17.8. The maximum atomic E-state index is 12.3. The summed E-state index contributed by atoms with van der Waals surface area (Å²) in [4.78, 5) is 12.3. The van der Waals surface area contributed by atoms with Gasteiger partial charge < -0.3 is 14.2 Å². The predicted octanol–water partition coefficient (Wildman–Crippen LogP) is 5.24. The third-order valence-corrected chi connectivity index (χ3v) is 4.51. The predicted molar refractivity (Wildman–Crippen MR) is 112 cm³/mol. The molecule has 0 fully saturated rings. The van der Waals surface area contributed by atoms with Crippen LogP contribution in [0.15, 0.2) is 72.8 Å². The van der Waals surface area contributed by atoms with Crippen LogP contribution in [-0.4, -0.2) is 13.1 Å². The lowest BCUT2D eigenvalue weighted by atomic mass is 10.1. The number of esters is 1. The van der Waals surface area contributed by atoms with Gasteiger partial charge in [-0.3, -0.25) is 0 Å². The van der Waals surface area contributed by atoms with Gasteiger partial charge in [-0.1, -0.05) is 60.7 Å². The largest absolute Gasteiger partial charge is 0.485 e. The fourth-order valence-electron chi connectivity index (χ4n) is 2.55. The van der Waals surface area contributed by atoms with Gasteiger partial charge in [0, 0.05) is 3.57 Å². The maximum Gasteiger partial charge on any atom is 0.341 e. The minimum atomic E-state index is -0.457. The number of hydrogen-bond donors (Lipinski definition) is 0. The summed E-state index contributed by atoms with van der Waals surface area (Å²) in [5, 5.41) is 0. The lowest BCUT2D eigenvalue weighted by Crippen LogP contribution is -2.09. The molecule has 0 aliphatic rings. The Kier molecular flexibility index (Phi) is 6.70. The maximum absolute atomic E-state index is 12.3. The Morgan fingerprint density at radius 1 is 0.852 bits per heavy atom. The second kappa shape index (κ2) is 9.41. The molecule has 0 aliphatic heterocycles. The summed E-state index contributed by atoms with van der Waals surface area (Å²) in [6, 6.07) is 23.2. The zero-order chi connectivity index (χ0) is 19.1. The minimum Gasteiger partial charge on any atom is -0.485 e. The Labute approximate surface area is 172 Å². The summed E-state index contributed by atoms with van der Waals surface area (Å²) in [5.41, 5.74) is 2.38. The number of halogens is 1. The molecule has 0 heterocycles. The first-order chi connectivity index (χ1) is 13.2. The normalized spacial score (nSPS) is 10.3. The van der Waals surface area contributed by atoms with E-state index in [0.717, 1.165) is 14.7 Å². The van der Waals surface area contributed by atoms with E-state index in [-0.39, 0.29) is 0 Å². The van der Waals surface area contributed by atoms with Crippen molar-refractivity contribution >= 4 is 28.6 Å². The molecule has 3 rings (SSSR count). The van der Waals surface area contributed by atoms with Crippen LogP contribution in [0.4, 0.5) is 0 Å². The van der Waals surface area contributed by atoms with Crippen molar-refractivity contribution in [2.45, 2.75) is 13.2 Å². The molecular weight excluding hydrogens is 455 g/mol. The summed E-state index contributed by atoms with van der Waals surface area (Å²) in [5.74, 6) is 0.449. The molecule has 0 unspecified atom stereocenters. The fourth-order valence-corrected chi connectivity index (χ4v) is 3.15. The first-order valence-corrected chi connectivity index (χ1v) is 9.50. The zero-order valence-corrected chi connectivity index (χ0v) is 17.0. The van der Waals surface area contributed by atoms with Crippen LogP contribution < -0.4 is 9.47 Å². The smallest absolute Gasteiger partial charge is 0.341 e. The van der Waals surface area contributed by atoms with Gasteiger partial charge in [-0.2, -0.15) is 0 Å². The number of methoxy groups -OCH3 is 1. The molecular formula is C22H19IO4. The quantitative estimate of drug-likeness (QED) is 0.347. The molecule has 3 aromatic carbocycles. The van der Waals surface area contributed by atoms with Crippen molar-refractivity contribution in [1.29, 1.82) is 0 Å². The van der Waals surface area contributed by atoms with Crippen LogP contribution in [0, 0.1) is 3.57 Å². The standard InChI is InChI=1S/C22H19IO4/c1-25-22(24)19-12-18(23)13-20(26-14-16-8-4-2-5-9-16)21(19)27-15-17-10-6-3-7-11-17/h2-13H,14-15H2,1H3. The van der Waals surface area contributed by atoms with Gasteiger partial charge in [0.1, 0.15) is 18.8 Å². The monoisotopic (exact) mass is 474 g/mol. The van der Waals surface area contributed by atoms with E-state index in [4.69, 9.17) is 14.2 Å². The van der Waals surface area contributed by atoms with E-state index in [0.29, 0.717) is 30.3 Å². The highest BCUT2D eigenvalue weighted by molar-refractivity contribution is 14.1. The van der Waals surface area contributed by atoms with Crippen LogP contribution in [0.5, 0.6) is 11.5 Å². The molecule has 5 heteroatoms. The van der Waals surface area contributed by atoms with E-state index >= 15 is 0 Å². The van der Waals surface area contributed by atoms with Gasteiger partial charge in [0.25, 0.3) is 0 Å². The molecule has 0 aliphatic carbocycles. The van der Waals surface area contributed by atoms with Gasteiger partial charge in [0.15, 0.2) is 11.5 Å². The van der Waals surface area contributed by atoms with Gasteiger partial charge in [-0.25, -0.2) is 4.79 Å². The second-order valence-electron chi connectivity index (χ2n) is 5.82. The Bertz CT molecular complexity index is 895. The van der Waals surface area contributed by atoms with Crippen molar-refractivity contribution in [2.24, 2.45) is 0 Å². The molecule has 0 aromatic heterocycles. The molecule has 0 radical (unpaired) electrons. The highest BCUT2D eigenvalue weighted by Gasteiger charge is 2.20. The van der Waals surface area contributed by atoms with Crippen molar-refractivity contribution in [1.82, 2.24) is 0 Å². The highest BCUT2D eigenvalue weighted by Crippen LogP contribution is 2.35. The summed E-state index contributed by atoms with van der Waals surface area (Å²) in [7, 11) is 1.35. The fraction of sp³-hybridized carbons (Fsp3) is 0.136. The second-order valence-corrected chi connectivity index (χ2v) is 7.07. The third kappa shape index (κ3) is 5.23. The van der Waals surface area contributed by atoms with Gasteiger partial charge in [0.05, 0.1) is 7.11 Å². The summed E-state index contributed by atoms with van der Waals surface area (Å²) in [6.07, 6.45) is 0. The topological polar surface area (TPSA) is 44.8 Å². The van der Waals surface area contributed by atoms with Gasteiger partial charge in [-0.05, 0) is 45.9 Å². The zero-order valence-electron chi connectivity index (χ0n) is 14.9. The van der Waals surface area contributed by atoms with E-state index in [2.05, 4.69) is 22.6 Å². The highest BCUT2D eigenvalue weighted by atomic mass is 127. The first-order valence-electron chi connectivity index (χ1n) is 8.42. The molecule has 0 saturated carbocycles. The summed E-state index contributed by atoms with van der Waals surface area (Å²) >= 11 is 2.15. The number of ether oxygens (including phenoxy) is 3. The molecule has 0 saturated heterocycles. The van der Waals surface area contributed by atoms with E-state index in [1.807, 2.05) is 66.7 Å². The Hall–Kier alpha value is -2.54. The Morgan fingerprint density at radius 2 is 1.41 bits per heavy atom. The molecule has 27 heavy (non-hydrogen) atoms. The van der Waals surface area contributed by atoms with E-state index in [1.165, 1.54) is 7.11 Å². The SMILES string of the molecule is COC(=O)c1cc(I)cc(OCc2ccccc2)c1OCc1ccccc1. The Morgan fingerprint density at radius 3 is 1.96 bits per heavy atom. The van der Waals surface area contributed by atoms with Crippen molar-refractivity contribution in [3.8, 4) is 11.5 Å². The molecule has 4 nitrogen and oxygen atoms in total. The van der Waals surface area contributed by atoms with Gasteiger partial charge in [-0.15, -0.1) is 0 Å². The number of hydrogen-bond acceptors (Lipinski definition) is 4. The number of rotatable bonds is 7. The van der Waals surface area contributed by atoms with Gasteiger partial charge in [0.2, 0.25) is 0 Å². The van der Waals surface area contributed by atoms with Crippen molar-refractivity contribution in [3.63, 3.8) is 0 Å². The van der Waals surface area contributed by atoms with E-state index in [9.17, 15) is 4.79 Å². The third-order valence-electron chi connectivity index (χ3n) is 3.89. The van der Waals surface area contributed by atoms with Crippen LogP contribution >= 0.6 is 22.6 Å². The number of carbonyl (C=O) groups is 1. The molecule has 3 aromatic rings. The summed E-state index contributed by atoms with van der Waals surface area (Å²) in [6.45, 7) is 0.705. The van der Waals surface area contributed by atoms with Crippen molar-refractivity contribution in [2.75, 3.05) is 7.11 Å². The van der Waals surface area contributed by atoms with Crippen LogP contribution in [-0.2, 0) is 18.0 Å². The van der Waals surface area contributed by atoms with Crippen molar-refractivity contribution in [3.05, 3.63) is 93.1 Å². The van der Waals surface area contributed by atoms with E-state index in [1.54, 1.807) is 6.07 Å². The van der Waals surface area contributed by atoms with Crippen LogP contribution in [0.3, 0.4) is 0 Å². The molecule has 0 atom stereocenters. The molecule has 0 bridgehead atoms. The average Bonchev–Trinajstić information content (AvgIpc) is 2.72. The minimum absolute atomic E-state index is 0.327. The van der Waals surface area contributed by atoms with Crippen LogP contribution in [0.1, 0.15) is 21.5 Å². The van der Waals surface area contributed by atoms with Crippen molar-refractivity contribution < 1.29 is 19.0 Å². The lowest BCUT2D eigenvalue weighted by Gasteiger charge is -2.16. The number of carbonyl (C=O) groups excluding carboxylic acids is 1. The average molecular weight is 474 g/mol. The molecule has 0 amide bonds. The van der Waals surface area contributed by atoms with E-state index < -0.39 is 5.97 Å². The molecule has 0 spiro atoms. The number of benzene rings is 3. The molecule has 0 N–H and O–H groups in total. The van der Waals surface area contributed by atoms with Crippen LogP contribution in [0.25, 0.3) is 0 Å². The first kappa shape index (κ1) is 19.2. The van der Waals surface area contributed by atoms with Gasteiger partial charge >= 0.3 is 5.97 Å². The Balaban J connectivity index is 1.89. The lowest BCUT2D eigenvalue weighted by molar-refractivity contribution is 0.0594.